The molecular formula is C25H28F3N5O. The lowest BCUT2D eigenvalue weighted by Gasteiger charge is -2.34. The first-order valence-corrected chi connectivity index (χ1v) is 11.3. The van der Waals surface area contributed by atoms with Crippen LogP contribution in [0.2, 0.25) is 0 Å². The fourth-order valence-corrected chi connectivity index (χ4v) is 4.29. The molecule has 2 atom stereocenters. The highest BCUT2D eigenvalue weighted by Gasteiger charge is 2.46. The Morgan fingerprint density at radius 1 is 1.18 bits per heavy atom. The Bertz CT molecular complexity index is 1170. The average molecular weight is 472 g/mol. The number of hydrogen-bond donors (Lipinski definition) is 2. The van der Waals surface area contributed by atoms with Crippen molar-refractivity contribution in [1.82, 2.24) is 20.1 Å². The van der Waals surface area contributed by atoms with E-state index in [2.05, 4.69) is 20.7 Å². The summed E-state index contributed by atoms with van der Waals surface area (Å²) < 4.78 is 42.7. The lowest BCUT2D eigenvalue weighted by atomic mass is 9.95. The second-order valence-corrected chi connectivity index (χ2v) is 8.75. The first kappa shape index (κ1) is 23.8. The van der Waals surface area contributed by atoms with Crippen molar-refractivity contribution in [1.29, 1.82) is 0 Å². The first-order valence-electron chi connectivity index (χ1n) is 11.3. The summed E-state index contributed by atoms with van der Waals surface area (Å²) in [6.07, 6.45) is -0.784. The number of alkyl halides is 3. The number of pyridine rings is 1. The maximum absolute atomic E-state index is 13.9. The summed E-state index contributed by atoms with van der Waals surface area (Å²) >= 11 is 0. The number of halogens is 3. The van der Waals surface area contributed by atoms with Gasteiger partial charge in [0.05, 0.1) is 18.7 Å². The number of hydrogen-bond acceptors (Lipinski definition) is 4. The fraction of sp³-hybridized carbons (Fsp3) is 0.400. The van der Waals surface area contributed by atoms with E-state index in [1.165, 1.54) is 6.20 Å². The third kappa shape index (κ3) is 5.08. The van der Waals surface area contributed by atoms with E-state index in [1.54, 1.807) is 6.20 Å². The highest BCUT2D eigenvalue weighted by molar-refractivity contribution is 5.80. The fourth-order valence-electron chi connectivity index (χ4n) is 4.29. The maximum atomic E-state index is 13.9. The van der Waals surface area contributed by atoms with E-state index in [4.69, 9.17) is 0 Å². The summed E-state index contributed by atoms with van der Waals surface area (Å²) in [5.74, 6) is -0.0583. The lowest BCUT2D eigenvalue weighted by Crippen LogP contribution is -2.36. The zero-order chi connectivity index (χ0) is 24.5. The Morgan fingerprint density at radius 2 is 1.91 bits per heavy atom. The molecular weight excluding hydrogens is 443 g/mol. The van der Waals surface area contributed by atoms with Crippen LogP contribution in [0, 0.1) is 13.8 Å². The predicted octanol–water partition coefficient (Wildman–Crippen LogP) is 4.98. The molecule has 0 saturated carbocycles. The molecule has 0 saturated heterocycles. The first-order chi connectivity index (χ1) is 16.2. The predicted molar refractivity (Wildman–Crippen MR) is 123 cm³/mol. The monoisotopic (exact) mass is 471 g/mol. The molecule has 1 aromatic carbocycles. The summed E-state index contributed by atoms with van der Waals surface area (Å²) in [7, 11) is 0. The van der Waals surface area contributed by atoms with Crippen LogP contribution >= 0.6 is 0 Å². The summed E-state index contributed by atoms with van der Waals surface area (Å²) in [5, 5.41) is 10.0. The van der Waals surface area contributed by atoms with Crippen molar-refractivity contribution in [3.8, 4) is 0 Å². The van der Waals surface area contributed by atoms with Gasteiger partial charge in [-0.2, -0.15) is 18.3 Å². The largest absolute Gasteiger partial charge is 0.410 e. The Labute approximate surface area is 196 Å². The molecule has 0 radical (unpaired) electrons. The lowest BCUT2D eigenvalue weighted by molar-refractivity contribution is -0.173. The number of benzene rings is 1. The number of carbonyl (C=O) groups excluding carboxylic acids is 1. The minimum Gasteiger partial charge on any atom is -0.363 e. The number of nitrogens with zero attached hydrogens (tertiary/aromatic N) is 3. The van der Waals surface area contributed by atoms with Crippen LogP contribution in [0.4, 0.5) is 19.0 Å². The normalized spacial score (nSPS) is 17.7. The van der Waals surface area contributed by atoms with Crippen LogP contribution in [0.5, 0.6) is 0 Å². The second-order valence-electron chi connectivity index (χ2n) is 8.75. The van der Waals surface area contributed by atoms with Crippen LogP contribution in [-0.2, 0) is 24.2 Å². The number of aryl methyl sites for hydroxylation is 3. The van der Waals surface area contributed by atoms with Gasteiger partial charge in [0.1, 0.15) is 5.82 Å². The van der Waals surface area contributed by atoms with Crippen LogP contribution < -0.4 is 10.6 Å². The molecule has 4 rings (SSSR count). The third-order valence-corrected chi connectivity index (χ3v) is 6.29. The maximum Gasteiger partial charge on any atom is 0.410 e. The van der Waals surface area contributed by atoms with Gasteiger partial charge in [-0.15, -0.1) is 0 Å². The minimum absolute atomic E-state index is 0.0766. The molecule has 9 heteroatoms. The van der Waals surface area contributed by atoms with Crippen LogP contribution in [-0.4, -0.2) is 26.8 Å². The molecule has 1 amide bonds. The van der Waals surface area contributed by atoms with E-state index in [1.807, 2.05) is 51.1 Å². The molecule has 0 aliphatic carbocycles. The molecule has 3 heterocycles. The van der Waals surface area contributed by atoms with Gasteiger partial charge in [-0.3, -0.25) is 9.78 Å². The second kappa shape index (κ2) is 9.48. The van der Waals surface area contributed by atoms with Gasteiger partial charge in [0.2, 0.25) is 5.91 Å². The van der Waals surface area contributed by atoms with Gasteiger partial charge in [-0.25, -0.2) is 4.68 Å². The van der Waals surface area contributed by atoms with Crippen molar-refractivity contribution in [3.63, 3.8) is 0 Å². The minimum atomic E-state index is -4.46. The molecule has 0 spiro atoms. The van der Waals surface area contributed by atoms with Crippen molar-refractivity contribution in [3.05, 3.63) is 76.2 Å². The molecule has 1 aliphatic heterocycles. The van der Waals surface area contributed by atoms with E-state index in [-0.39, 0.29) is 24.6 Å². The standard InChI is InChI=1S/C25H28F3N5O/c1-4-17-5-7-18(8-6-17)21-11-22(25(26,27)28)33-24(32-21)19(14-31-33)10-23(34)30-13-20-12-29-16(3)9-15(20)2/h5-9,12,14,21-22,32H,4,10-11,13H2,1-3H3,(H,30,34)/t21-,22+/m1/s1. The van der Waals surface area contributed by atoms with Gasteiger partial charge in [-0.1, -0.05) is 31.2 Å². The summed E-state index contributed by atoms with van der Waals surface area (Å²) in [5.41, 5.74) is 5.12. The van der Waals surface area contributed by atoms with Gasteiger partial charge in [0.15, 0.2) is 6.04 Å². The van der Waals surface area contributed by atoms with Crippen LogP contribution in [0.15, 0.2) is 42.7 Å². The van der Waals surface area contributed by atoms with Crippen LogP contribution in [0.1, 0.15) is 58.9 Å². The van der Waals surface area contributed by atoms with Crippen molar-refractivity contribution >= 4 is 11.7 Å². The molecule has 34 heavy (non-hydrogen) atoms. The third-order valence-electron chi connectivity index (χ3n) is 6.29. The molecule has 0 fully saturated rings. The summed E-state index contributed by atoms with van der Waals surface area (Å²) in [6, 6.07) is 7.22. The highest BCUT2D eigenvalue weighted by atomic mass is 19.4. The highest BCUT2D eigenvalue weighted by Crippen LogP contribution is 2.44. The average Bonchev–Trinajstić information content (AvgIpc) is 3.19. The number of fused-ring (bicyclic) bond motifs is 1. The van der Waals surface area contributed by atoms with E-state index in [0.717, 1.165) is 39.1 Å². The van der Waals surface area contributed by atoms with Crippen LogP contribution in [0.25, 0.3) is 0 Å². The number of nitrogens with one attached hydrogen (secondary N) is 2. The molecule has 0 bridgehead atoms. The Morgan fingerprint density at radius 3 is 2.56 bits per heavy atom. The zero-order valence-corrected chi connectivity index (χ0v) is 19.4. The molecule has 2 N–H and O–H groups in total. The zero-order valence-electron chi connectivity index (χ0n) is 19.4. The van der Waals surface area contributed by atoms with E-state index >= 15 is 0 Å². The van der Waals surface area contributed by atoms with Gasteiger partial charge < -0.3 is 10.6 Å². The van der Waals surface area contributed by atoms with Gasteiger partial charge in [0.25, 0.3) is 0 Å². The molecule has 2 aromatic heterocycles. The quantitative estimate of drug-likeness (QED) is 0.532. The number of carbonyl (C=O) groups is 1. The van der Waals surface area contributed by atoms with Crippen molar-refractivity contribution < 1.29 is 18.0 Å². The number of aromatic nitrogens is 3. The van der Waals surface area contributed by atoms with Gasteiger partial charge in [-0.05, 0) is 48.6 Å². The Hall–Kier alpha value is -3.36. The molecule has 180 valence electrons. The van der Waals surface area contributed by atoms with Crippen molar-refractivity contribution in [2.75, 3.05) is 5.32 Å². The Kier molecular flexibility index (Phi) is 6.63. The van der Waals surface area contributed by atoms with E-state index < -0.39 is 18.3 Å². The van der Waals surface area contributed by atoms with E-state index in [0.29, 0.717) is 12.1 Å². The van der Waals surface area contributed by atoms with Crippen molar-refractivity contribution in [2.24, 2.45) is 0 Å². The summed E-state index contributed by atoms with van der Waals surface area (Å²) in [6.45, 7) is 6.16. The smallest absolute Gasteiger partial charge is 0.363 e. The van der Waals surface area contributed by atoms with Crippen molar-refractivity contribution in [2.45, 2.75) is 64.8 Å². The number of amides is 1. The summed E-state index contributed by atoms with van der Waals surface area (Å²) in [4.78, 5) is 16.9. The van der Waals surface area contributed by atoms with Gasteiger partial charge >= 0.3 is 6.18 Å². The number of anilines is 1. The molecule has 1 aliphatic rings. The van der Waals surface area contributed by atoms with Gasteiger partial charge in [0, 0.05) is 30.4 Å². The number of rotatable bonds is 6. The molecule has 0 unspecified atom stereocenters. The SMILES string of the molecule is CCc1ccc([C@H]2C[C@@H](C(F)(F)F)n3ncc(CC(=O)NCc4cnc(C)cc4C)c3N2)cc1. The molecule has 6 nitrogen and oxygen atoms in total. The topological polar surface area (TPSA) is 71.8 Å². The van der Waals surface area contributed by atoms with E-state index in [9.17, 15) is 18.0 Å². The Balaban J connectivity index is 1.53. The van der Waals surface area contributed by atoms with Crippen LogP contribution in [0.3, 0.4) is 0 Å². The molecule has 3 aromatic rings.